The highest BCUT2D eigenvalue weighted by Gasteiger charge is 2.29. The summed E-state index contributed by atoms with van der Waals surface area (Å²) in [6, 6.07) is 0.502. The van der Waals surface area contributed by atoms with Crippen molar-refractivity contribution in [1.82, 2.24) is 10.6 Å². The first-order chi connectivity index (χ1) is 7.57. The standard InChI is InChI=1S/C13H25N3/c1-10-4-6-13(3,7-5-10)9-15-12-14-8-11(2)16-12/h10-11H,4-9H2,1-3H3,(H2,14,15,16). The Morgan fingerprint density at radius 1 is 1.38 bits per heavy atom. The first-order valence-corrected chi connectivity index (χ1v) is 6.62. The molecule has 1 atom stereocenters. The molecule has 0 bridgehead atoms. The number of nitrogens with one attached hydrogen (secondary N) is 2. The number of hydrogen-bond acceptors (Lipinski definition) is 3. The van der Waals surface area contributed by atoms with Gasteiger partial charge in [-0.2, -0.15) is 0 Å². The largest absolute Gasteiger partial charge is 0.356 e. The van der Waals surface area contributed by atoms with Gasteiger partial charge in [0.1, 0.15) is 0 Å². The highest BCUT2D eigenvalue weighted by atomic mass is 15.2. The maximum Gasteiger partial charge on any atom is 0.191 e. The lowest BCUT2D eigenvalue weighted by Gasteiger charge is -2.36. The molecule has 1 fully saturated rings. The smallest absolute Gasteiger partial charge is 0.191 e. The molecule has 3 nitrogen and oxygen atoms in total. The molecule has 0 amide bonds. The van der Waals surface area contributed by atoms with Crippen LogP contribution in [0.5, 0.6) is 0 Å². The van der Waals surface area contributed by atoms with Gasteiger partial charge in [-0.3, -0.25) is 4.99 Å². The van der Waals surface area contributed by atoms with Crippen LogP contribution in [0.3, 0.4) is 0 Å². The van der Waals surface area contributed by atoms with E-state index in [0.717, 1.165) is 25.0 Å². The van der Waals surface area contributed by atoms with Crippen molar-refractivity contribution in [3.8, 4) is 0 Å². The van der Waals surface area contributed by atoms with Crippen molar-refractivity contribution in [2.24, 2.45) is 16.3 Å². The molecule has 1 heterocycles. The number of guanidine groups is 1. The van der Waals surface area contributed by atoms with Crippen LogP contribution in [0, 0.1) is 11.3 Å². The van der Waals surface area contributed by atoms with Gasteiger partial charge in [0.15, 0.2) is 5.96 Å². The van der Waals surface area contributed by atoms with Gasteiger partial charge in [-0.05, 0) is 31.1 Å². The Balaban J connectivity index is 1.77. The SMILES string of the molecule is CC1CCC(C)(CNC2=NCC(C)N2)CC1. The molecule has 1 saturated carbocycles. The van der Waals surface area contributed by atoms with Gasteiger partial charge in [-0.1, -0.05) is 26.7 Å². The minimum atomic E-state index is 0.475. The van der Waals surface area contributed by atoms with E-state index >= 15 is 0 Å². The van der Waals surface area contributed by atoms with Crippen LogP contribution >= 0.6 is 0 Å². The highest BCUT2D eigenvalue weighted by molar-refractivity contribution is 5.81. The molecular weight excluding hydrogens is 198 g/mol. The van der Waals surface area contributed by atoms with Crippen LogP contribution in [-0.2, 0) is 0 Å². The molecule has 0 saturated heterocycles. The van der Waals surface area contributed by atoms with Crippen molar-refractivity contribution in [3.05, 3.63) is 0 Å². The summed E-state index contributed by atoms with van der Waals surface area (Å²) in [6.45, 7) is 8.93. The molecule has 16 heavy (non-hydrogen) atoms. The quantitative estimate of drug-likeness (QED) is 0.752. The first kappa shape index (κ1) is 11.7. The van der Waals surface area contributed by atoms with Crippen LogP contribution in [0.4, 0.5) is 0 Å². The van der Waals surface area contributed by atoms with Crippen molar-refractivity contribution in [3.63, 3.8) is 0 Å². The molecule has 2 rings (SSSR count). The van der Waals surface area contributed by atoms with E-state index in [4.69, 9.17) is 0 Å². The van der Waals surface area contributed by atoms with E-state index in [-0.39, 0.29) is 0 Å². The molecule has 2 aliphatic rings. The second kappa shape index (κ2) is 4.64. The Bertz CT molecular complexity index is 264. The van der Waals surface area contributed by atoms with Crippen molar-refractivity contribution >= 4 is 5.96 Å². The van der Waals surface area contributed by atoms with E-state index < -0.39 is 0 Å². The summed E-state index contributed by atoms with van der Waals surface area (Å²) in [6.07, 6.45) is 5.47. The number of hydrogen-bond donors (Lipinski definition) is 2. The Hall–Kier alpha value is -0.730. The molecule has 0 aromatic rings. The molecule has 0 aromatic heterocycles. The lowest BCUT2D eigenvalue weighted by molar-refractivity contribution is 0.180. The van der Waals surface area contributed by atoms with Crippen LogP contribution in [0.1, 0.15) is 46.5 Å². The summed E-state index contributed by atoms with van der Waals surface area (Å²) >= 11 is 0. The number of rotatable bonds is 2. The number of aliphatic imine (C=N–C) groups is 1. The third-order valence-corrected chi connectivity index (χ3v) is 4.07. The van der Waals surface area contributed by atoms with Gasteiger partial charge >= 0.3 is 0 Å². The summed E-state index contributed by atoms with van der Waals surface area (Å²) in [4.78, 5) is 4.44. The second-order valence-electron chi connectivity index (χ2n) is 6.08. The van der Waals surface area contributed by atoms with E-state index in [1.165, 1.54) is 25.7 Å². The zero-order valence-electron chi connectivity index (χ0n) is 10.8. The fourth-order valence-corrected chi connectivity index (χ4v) is 2.59. The van der Waals surface area contributed by atoms with Gasteiger partial charge in [-0.15, -0.1) is 0 Å². The van der Waals surface area contributed by atoms with Gasteiger partial charge in [0.05, 0.1) is 6.54 Å². The molecule has 3 heteroatoms. The Kier molecular flexibility index (Phi) is 3.41. The van der Waals surface area contributed by atoms with E-state index in [1.807, 2.05) is 0 Å². The second-order valence-corrected chi connectivity index (χ2v) is 6.08. The van der Waals surface area contributed by atoms with E-state index in [2.05, 4.69) is 36.4 Å². The zero-order chi connectivity index (χ0) is 11.6. The molecule has 2 N–H and O–H groups in total. The van der Waals surface area contributed by atoms with Crippen molar-refractivity contribution in [1.29, 1.82) is 0 Å². The average molecular weight is 223 g/mol. The zero-order valence-corrected chi connectivity index (χ0v) is 10.8. The molecule has 1 unspecified atom stereocenters. The van der Waals surface area contributed by atoms with Gasteiger partial charge in [0.25, 0.3) is 0 Å². The lowest BCUT2D eigenvalue weighted by Crippen LogP contribution is -2.43. The van der Waals surface area contributed by atoms with E-state index in [0.29, 0.717) is 11.5 Å². The molecular formula is C13H25N3. The number of nitrogens with zero attached hydrogens (tertiary/aromatic N) is 1. The van der Waals surface area contributed by atoms with E-state index in [9.17, 15) is 0 Å². The average Bonchev–Trinajstić information content (AvgIpc) is 2.67. The topological polar surface area (TPSA) is 36.4 Å². The van der Waals surface area contributed by atoms with Crippen LogP contribution in [0.15, 0.2) is 4.99 Å². The predicted molar refractivity (Wildman–Crippen MR) is 68.6 cm³/mol. The molecule has 92 valence electrons. The fraction of sp³-hybridized carbons (Fsp3) is 0.923. The van der Waals surface area contributed by atoms with Gasteiger partial charge in [0.2, 0.25) is 0 Å². The minimum Gasteiger partial charge on any atom is -0.356 e. The first-order valence-electron chi connectivity index (χ1n) is 6.62. The van der Waals surface area contributed by atoms with Gasteiger partial charge < -0.3 is 10.6 Å². The maximum absolute atomic E-state index is 4.44. The monoisotopic (exact) mass is 223 g/mol. The maximum atomic E-state index is 4.44. The van der Waals surface area contributed by atoms with Crippen LogP contribution in [0.25, 0.3) is 0 Å². The summed E-state index contributed by atoms with van der Waals surface area (Å²) in [5.41, 5.74) is 0.475. The lowest BCUT2D eigenvalue weighted by atomic mass is 9.72. The summed E-state index contributed by atoms with van der Waals surface area (Å²) < 4.78 is 0. The van der Waals surface area contributed by atoms with Crippen molar-refractivity contribution in [2.75, 3.05) is 13.1 Å². The van der Waals surface area contributed by atoms with Crippen molar-refractivity contribution < 1.29 is 0 Å². The summed E-state index contributed by atoms with van der Waals surface area (Å²) in [5.74, 6) is 1.93. The summed E-state index contributed by atoms with van der Waals surface area (Å²) in [5, 5.41) is 6.83. The third-order valence-electron chi connectivity index (χ3n) is 4.07. The molecule has 0 aromatic carbocycles. The van der Waals surface area contributed by atoms with Crippen molar-refractivity contribution in [2.45, 2.75) is 52.5 Å². The minimum absolute atomic E-state index is 0.475. The highest BCUT2D eigenvalue weighted by Crippen LogP contribution is 2.37. The fourth-order valence-electron chi connectivity index (χ4n) is 2.59. The Morgan fingerprint density at radius 2 is 2.06 bits per heavy atom. The predicted octanol–water partition coefficient (Wildman–Crippen LogP) is 2.14. The third kappa shape index (κ3) is 2.89. The molecule has 1 aliphatic carbocycles. The molecule has 1 aliphatic heterocycles. The molecule has 0 spiro atoms. The van der Waals surface area contributed by atoms with E-state index in [1.54, 1.807) is 0 Å². The van der Waals surface area contributed by atoms with Crippen LogP contribution in [-0.4, -0.2) is 25.1 Å². The molecule has 0 radical (unpaired) electrons. The van der Waals surface area contributed by atoms with Gasteiger partial charge in [0, 0.05) is 12.6 Å². The van der Waals surface area contributed by atoms with Gasteiger partial charge in [-0.25, -0.2) is 0 Å². The Morgan fingerprint density at radius 3 is 2.62 bits per heavy atom. The van der Waals surface area contributed by atoms with Crippen LogP contribution in [0.2, 0.25) is 0 Å². The normalized spacial score (nSPS) is 39.1. The summed E-state index contributed by atoms with van der Waals surface area (Å²) in [7, 11) is 0. The Labute approximate surface area is 99.1 Å². The van der Waals surface area contributed by atoms with Crippen LogP contribution < -0.4 is 10.6 Å².